The van der Waals surface area contributed by atoms with E-state index in [1.807, 2.05) is 13.8 Å². The Balaban J connectivity index is 2.92. The highest BCUT2D eigenvalue weighted by Crippen LogP contribution is 2.10. The molecule has 1 aliphatic heterocycles. The highest BCUT2D eigenvalue weighted by atomic mass is 32.2. The van der Waals surface area contributed by atoms with E-state index in [4.69, 9.17) is 5.11 Å². The number of carbonyl (C=O) groups is 5. The quantitative estimate of drug-likeness (QED) is 0.184. The fourth-order valence-electron chi connectivity index (χ4n) is 3.46. The van der Waals surface area contributed by atoms with Gasteiger partial charge < -0.3 is 31.5 Å². The molecule has 1 rings (SSSR count). The third-order valence-electron chi connectivity index (χ3n) is 5.22. The van der Waals surface area contributed by atoms with Crippen molar-refractivity contribution in [1.82, 2.24) is 21.3 Å². The van der Waals surface area contributed by atoms with E-state index in [1.165, 1.54) is 11.8 Å². The minimum Gasteiger partial charge on any atom is -0.481 e. The van der Waals surface area contributed by atoms with Gasteiger partial charge in [0.1, 0.15) is 18.1 Å². The summed E-state index contributed by atoms with van der Waals surface area (Å²) in [7, 11) is 0. The van der Waals surface area contributed by atoms with Crippen molar-refractivity contribution in [2.75, 3.05) is 18.6 Å². The van der Waals surface area contributed by atoms with Gasteiger partial charge in [-0.1, -0.05) is 13.8 Å². The zero-order valence-electron chi connectivity index (χ0n) is 19.4. The molecule has 0 aromatic heterocycles. The molecule has 4 atom stereocenters. The maximum Gasteiger partial charge on any atom is 0.326 e. The van der Waals surface area contributed by atoms with Crippen molar-refractivity contribution < 1.29 is 34.2 Å². The van der Waals surface area contributed by atoms with Crippen LogP contribution in [0.4, 0.5) is 0 Å². The Hall–Kier alpha value is -2.34. The van der Waals surface area contributed by atoms with Crippen LogP contribution in [0.1, 0.15) is 52.4 Å². The van der Waals surface area contributed by atoms with Crippen molar-refractivity contribution in [3.8, 4) is 0 Å². The molecule has 0 saturated carbocycles. The van der Waals surface area contributed by atoms with Crippen LogP contribution in [0.15, 0.2) is 0 Å². The minimum atomic E-state index is -1.25. The van der Waals surface area contributed by atoms with E-state index in [9.17, 15) is 29.1 Å². The Morgan fingerprint density at radius 1 is 0.970 bits per heavy atom. The average Bonchev–Trinajstić information content (AvgIpc) is 3.27. The second-order valence-corrected chi connectivity index (χ2v) is 9.50. The molecule has 1 heterocycles. The molecule has 1 fully saturated rings. The van der Waals surface area contributed by atoms with Gasteiger partial charge >= 0.3 is 11.9 Å². The van der Waals surface area contributed by atoms with Gasteiger partial charge in [0.05, 0.1) is 6.04 Å². The Kier molecular flexibility index (Phi) is 12.8. The first kappa shape index (κ1) is 28.7. The lowest BCUT2D eigenvalue weighted by atomic mass is 10.0. The zero-order valence-corrected chi connectivity index (χ0v) is 20.2. The predicted molar refractivity (Wildman–Crippen MR) is 124 cm³/mol. The van der Waals surface area contributed by atoms with Gasteiger partial charge in [-0.3, -0.25) is 19.2 Å². The van der Waals surface area contributed by atoms with Crippen LogP contribution in [0.3, 0.4) is 0 Å². The SMILES string of the molecule is CSCCC(NC(=O)C(CCC(=O)O)NC(=O)C(CC(C)C)NC(=O)C1CCCN1)C(=O)O. The predicted octanol–water partition coefficient (Wildman–Crippen LogP) is -0.0586. The van der Waals surface area contributed by atoms with Crippen LogP contribution >= 0.6 is 11.8 Å². The molecule has 0 bridgehead atoms. The maximum absolute atomic E-state index is 13.0. The molecule has 12 heteroatoms. The lowest BCUT2D eigenvalue weighted by Crippen LogP contribution is -2.57. The van der Waals surface area contributed by atoms with Crippen LogP contribution < -0.4 is 21.3 Å². The van der Waals surface area contributed by atoms with Gasteiger partial charge in [0, 0.05) is 6.42 Å². The Labute approximate surface area is 198 Å². The standard InChI is InChI=1S/C21H36N4O7S/c1-12(2)11-16(25-18(28)13-5-4-9-22-13)20(30)23-14(6-7-17(26)27)19(29)24-15(21(31)32)8-10-33-3/h12-16,22H,4-11H2,1-3H3,(H,23,30)(H,24,29)(H,25,28)(H,26,27)(H,31,32). The van der Waals surface area contributed by atoms with E-state index >= 15 is 0 Å². The van der Waals surface area contributed by atoms with E-state index in [0.29, 0.717) is 18.6 Å². The smallest absolute Gasteiger partial charge is 0.326 e. The molecule has 0 spiro atoms. The second kappa shape index (κ2) is 14.7. The Morgan fingerprint density at radius 2 is 1.61 bits per heavy atom. The van der Waals surface area contributed by atoms with Crippen molar-refractivity contribution in [3.63, 3.8) is 0 Å². The van der Waals surface area contributed by atoms with Gasteiger partial charge in [0.25, 0.3) is 0 Å². The fraction of sp³-hybridized carbons (Fsp3) is 0.762. The van der Waals surface area contributed by atoms with E-state index < -0.39 is 48.3 Å². The molecule has 11 nitrogen and oxygen atoms in total. The molecule has 0 aliphatic carbocycles. The third-order valence-corrected chi connectivity index (χ3v) is 5.87. The summed E-state index contributed by atoms with van der Waals surface area (Å²) in [6, 6.07) is -3.70. The van der Waals surface area contributed by atoms with Crippen LogP contribution in [0.5, 0.6) is 0 Å². The lowest BCUT2D eigenvalue weighted by molar-refractivity contribution is -0.143. The molecule has 4 unspecified atom stereocenters. The molecule has 0 aromatic carbocycles. The number of carboxylic acid groups (broad SMARTS) is 2. The van der Waals surface area contributed by atoms with Crippen LogP contribution in [-0.2, 0) is 24.0 Å². The van der Waals surface area contributed by atoms with Crippen molar-refractivity contribution in [2.45, 2.75) is 76.5 Å². The zero-order chi connectivity index (χ0) is 25.0. The molecule has 0 aromatic rings. The number of amides is 3. The molecule has 1 saturated heterocycles. The van der Waals surface area contributed by atoms with Gasteiger partial charge in [-0.2, -0.15) is 11.8 Å². The van der Waals surface area contributed by atoms with Gasteiger partial charge in [0.15, 0.2) is 0 Å². The van der Waals surface area contributed by atoms with Gasteiger partial charge in [-0.25, -0.2) is 4.79 Å². The van der Waals surface area contributed by atoms with E-state index in [-0.39, 0.29) is 30.7 Å². The summed E-state index contributed by atoms with van der Waals surface area (Å²) in [6.07, 6.45) is 3.23. The summed E-state index contributed by atoms with van der Waals surface area (Å²) in [4.78, 5) is 60.8. The highest BCUT2D eigenvalue weighted by Gasteiger charge is 2.32. The lowest BCUT2D eigenvalue weighted by Gasteiger charge is -2.26. The molecule has 6 N–H and O–H groups in total. The molecule has 0 radical (unpaired) electrons. The van der Waals surface area contributed by atoms with E-state index in [0.717, 1.165) is 13.0 Å². The van der Waals surface area contributed by atoms with Crippen molar-refractivity contribution >= 4 is 41.4 Å². The van der Waals surface area contributed by atoms with Gasteiger partial charge in [-0.05, 0) is 56.6 Å². The minimum absolute atomic E-state index is 0.0619. The molecule has 188 valence electrons. The largest absolute Gasteiger partial charge is 0.481 e. The summed E-state index contributed by atoms with van der Waals surface area (Å²) >= 11 is 1.43. The first-order valence-electron chi connectivity index (χ1n) is 11.1. The normalized spacial score (nSPS) is 18.2. The number of hydrogen-bond donors (Lipinski definition) is 6. The van der Waals surface area contributed by atoms with Gasteiger partial charge in [-0.15, -0.1) is 0 Å². The third kappa shape index (κ3) is 10.9. The van der Waals surface area contributed by atoms with Crippen molar-refractivity contribution in [3.05, 3.63) is 0 Å². The summed E-state index contributed by atoms with van der Waals surface area (Å²) in [5, 5.41) is 29.1. The monoisotopic (exact) mass is 488 g/mol. The fourth-order valence-corrected chi connectivity index (χ4v) is 3.93. The summed E-state index contributed by atoms with van der Waals surface area (Å²) < 4.78 is 0. The number of nitrogens with one attached hydrogen (secondary N) is 4. The molecule has 33 heavy (non-hydrogen) atoms. The first-order chi connectivity index (χ1) is 15.5. The second-order valence-electron chi connectivity index (χ2n) is 8.51. The summed E-state index contributed by atoms with van der Waals surface area (Å²) in [6.45, 7) is 4.49. The molecular formula is C21H36N4O7S. The van der Waals surface area contributed by atoms with Gasteiger partial charge in [0.2, 0.25) is 17.7 Å². The Bertz CT molecular complexity index is 698. The van der Waals surface area contributed by atoms with Crippen LogP contribution in [0.25, 0.3) is 0 Å². The van der Waals surface area contributed by atoms with Crippen molar-refractivity contribution in [1.29, 1.82) is 0 Å². The first-order valence-corrected chi connectivity index (χ1v) is 12.5. The highest BCUT2D eigenvalue weighted by molar-refractivity contribution is 7.98. The van der Waals surface area contributed by atoms with Crippen LogP contribution in [0.2, 0.25) is 0 Å². The number of aliphatic carboxylic acids is 2. The number of rotatable bonds is 15. The topological polar surface area (TPSA) is 174 Å². The summed E-state index contributed by atoms with van der Waals surface area (Å²) in [5.41, 5.74) is 0. The van der Waals surface area contributed by atoms with Crippen LogP contribution in [0, 0.1) is 5.92 Å². The number of carboxylic acids is 2. The average molecular weight is 489 g/mol. The Morgan fingerprint density at radius 3 is 2.12 bits per heavy atom. The summed E-state index contributed by atoms with van der Waals surface area (Å²) in [5.74, 6) is -3.49. The molecule has 1 aliphatic rings. The number of hydrogen-bond acceptors (Lipinski definition) is 7. The maximum atomic E-state index is 13.0. The van der Waals surface area contributed by atoms with Crippen LogP contribution in [-0.4, -0.2) is 82.6 Å². The van der Waals surface area contributed by atoms with Crippen molar-refractivity contribution in [2.24, 2.45) is 5.92 Å². The molecular weight excluding hydrogens is 452 g/mol. The van der Waals surface area contributed by atoms with E-state index in [2.05, 4.69) is 21.3 Å². The van der Waals surface area contributed by atoms with E-state index in [1.54, 1.807) is 6.26 Å². The molecule has 3 amide bonds. The number of thioether (sulfide) groups is 1. The number of carbonyl (C=O) groups excluding carboxylic acids is 3.